The van der Waals surface area contributed by atoms with Crippen molar-refractivity contribution in [3.05, 3.63) is 33.0 Å². The Balaban J connectivity index is 2.11. The van der Waals surface area contributed by atoms with Gasteiger partial charge in [0.25, 0.3) is 0 Å². The van der Waals surface area contributed by atoms with Gasteiger partial charge >= 0.3 is 0 Å². The van der Waals surface area contributed by atoms with Gasteiger partial charge in [0.2, 0.25) is 0 Å². The van der Waals surface area contributed by atoms with E-state index >= 15 is 0 Å². The summed E-state index contributed by atoms with van der Waals surface area (Å²) in [5.41, 5.74) is 0.925. The van der Waals surface area contributed by atoms with Crippen molar-refractivity contribution in [1.82, 2.24) is 5.32 Å². The zero-order valence-electron chi connectivity index (χ0n) is 8.90. The summed E-state index contributed by atoms with van der Waals surface area (Å²) in [7, 11) is 0. The van der Waals surface area contributed by atoms with Crippen LogP contribution in [0.5, 0.6) is 0 Å². The van der Waals surface area contributed by atoms with Crippen LogP contribution in [0.25, 0.3) is 0 Å². The molecule has 1 nitrogen and oxygen atoms in total. The van der Waals surface area contributed by atoms with Gasteiger partial charge in [-0.1, -0.05) is 17.7 Å². The summed E-state index contributed by atoms with van der Waals surface area (Å²) >= 11 is 9.13. The van der Waals surface area contributed by atoms with Crippen LogP contribution in [0.4, 0.5) is 4.39 Å². The molecule has 4 heteroatoms. The molecule has 1 aromatic carbocycles. The molecule has 1 heterocycles. The minimum Gasteiger partial charge on any atom is -0.317 e. The second-order valence-corrected chi connectivity index (χ2v) is 5.46. The van der Waals surface area contributed by atoms with Crippen LogP contribution >= 0.6 is 27.5 Å². The minimum atomic E-state index is -0.340. The van der Waals surface area contributed by atoms with E-state index in [0.717, 1.165) is 37.9 Å². The minimum absolute atomic E-state index is 0.271. The Bertz CT molecular complexity index is 378. The van der Waals surface area contributed by atoms with E-state index in [0.29, 0.717) is 10.4 Å². The zero-order chi connectivity index (χ0) is 11.5. The number of nitrogens with one attached hydrogen (secondary N) is 1. The molecular weight excluding hydrogens is 292 g/mol. The van der Waals surface area contributed by atoms with Crippen LogP contribution in [-0.2, 0) is 6.42 Å². The number of hydrogen-bond acceptors (Lipinski definition) is 1. The Hall–Kier alpha value is -0.120. The van der Waals surface area contributed by atoms with Gasteiger partial charge in [-0.15, -0.1) is 0 Å². The van der Waals surface area contributed by atoms with E-state index in [1.54, 1.807) is 6.07 Å². The van der Waals surface area contributed by atoms with Gasteiger partial charge in [0.05, 0.1) is 9.50 Å². The molecule has 0 aliphatic carbocycles. The van der Waals surface area contributed by atoms with E-state index in [1.165, 1.54) is 0 Å². The van der Waals surface area contributed by atoms with Gasteiger partial charge < -0.3 is 5.32 Å². The van der Waals surface area contributed by atoms with Crippen molar-refractivity contribution < 1.29 is 4.39 Å². The highest BCUT2D eigenvalue weighted by Gasteiger charge is 2.17. The third kappa shape index (κ3) is 2.76. The lowest BCUT2D eigenvalue weighted by Gasteiger charge is -2.23. The van der Waals surface area contributed by atoms with Gasteiger partial charge in [-0.25, -0.2) is 4.39 Å². The molecule has 0 radical (unpaired) electrons. The molecule has 1 fully saturated rings. The molecule has 0 spiro atoms. The number of piperidine rings is 1. The second kappa shape index (κ2) is 5.48. The maximum atomic E-state index is 13.6. The van der Waals surface area contributed by atoms with Crippen molar-refractivity contribution >= 4 is 27.5 Å². The summed E-state index contributed by atoms with van der Waals surface area (Å²) in [6, 6.07) is 3.65. The van der Waals surface area contributed by atoms with Crippen LogP contribution in [0.15, 0.2) is 16.6 Å². The van der Waals surface area contributed by atoms with E-state index in [1.807, 2.05) is 6.07 Å². The number of hydrogen-bond donors (Lipinski definition) is 1. The summed E-state index contributed by atoms with van der Waals surface area (Å²) in [4.78, 5) is 0. The molecule has 88 valence electrons. The fourth-order valence-corrected chi connectivity index (χ4v) is 2.81. The van der Waals surface area contributed by atoms with Crippen LogP contribution in [0.2, 0.25) is 5.02 Å². The number of halogens is 3. The highest BCUT2D eigenvalue weighted by atomic mass is 79.9. The molecule has 0 amide bonds. The Morgan fingerprint density at radius 1 is 1.38 bits per heavy atom. The Labute approximate surface area is 109 Å². The van der Waals surface area contributed by atoms with Gasteiger partial charge in [0.15, 0.2) is 5.82 Å². The molecule has 2 rings (SSSR count). The quantitative estimate of drug-likeness (QED) is 0.820. The van der Waals surface area contributed by atoms with Gasteiger partial charge in [0.1, 0.15) is 0 Å². The van der Waals surface area contributed by atoms with E-state index in [2.05, 4.69) is 21.2 Å². The highest BCUT2D eigenvalue weighted by molar-refractivity contribution is 9.10. The predicted molar refractivity (Wildman–Crippen MR) is 68.4 cm³/mol. The predicted octanol–water partition coefficient (Wildman–Crippen LogP) is 3.78. The molecular formula is C12H14BrClFN. The van der Waals surface area contributed by atoms with Crippen LogP contribution in [0.1, 0.15) is 18.4 Å². The van der Waals surface area contributed by atoms with Gasteiger partial charge in [-0.05, 0) is 65.8 Å². The molecule has 1 aliphatic heterocycles. The summed E-state index contributed by atoms with van der Waals surface area (Å²) in [6.45, 7) is 2.11. The summed E-state index contributed by atoms with van der Waals surface area (Å²) in [5.74, 6) is 0.285. The summed E-state index contributed by atoms with van der Waals surface area (Å²) in [5, 5.41) is 3.59. The smallest absolute Gasteiger partial charge is 0.156 e. The Morgan fingerprint density at radius 2 is 2.06 bits per heavy atom. The van der Waals surface area contributed by atoms with Crippen molar-refractivity contribution in [2.45, 2.75) is 19.3 Å². The molecule has 16 heavy (non-hydrogen) atoms. The lowest BCUT2D eigenvalue weighted by molar-refractivity contribution is 0.372. The summed E-state index contributed by atoms with van der Waals surface area (Å²) < 4.78 is 14.0. The van der Waals surface area contributed by atoms with Gasteiger partial charge in [-0.3, -0.25) is 0 Å². The van der Waals surface area contributed by atoms with Gasteiger partial charge in [-0.2, -0.15) is 0 Å². The molecule has 1 N–H and O–H groups in total. The van der Waals surface area contributed by atoms with Crippen molar-refractivity contribution in [2.24, 2.45) is 5.92 Å². The standard InChI is InChI=1S/C12H14BrClFN/c13-10-2-1-9(11(14)12(10)15)7-8-3-5-16-6-4-8/h1-2,8,16H,3-7H2. The van der Waals surface area contributed by atoms with Gasteiger partial charge in [0, 0.05) is 0 Å². The number of benzene rings is 1. The van der Waals surface area contributed by atoms with E-state index in [4.69, 9.17) is 11.6 Å². The fraction of sp³-hybridized carbons (Fsp3) is 0.500. The van der Waals surface area contributed by atoms with Crippen molar-refractivity contribution in [3.63, 3.8) is 0 Å². The van der Waals surface area contributed by atoms with Crippen molar-refractivity contribution in [2.75, 3.05) is 13.1 Å². The second-order valence-electron chi connectivity index (χ2n) is 4.23. The van der Waals surface area contributed by atoms with Crippen LogP contribution in [0, 0.1) is 11.7 Å². The van der Waals surface area contributed by atoms with Crippen LogP contribution < -0.4 is 5.32 Å². The first-order valence-corrected chi connectivity index (χ1v) is 6.68. The van der Waals surface area contributed by atoms with E-state index < -0.39 is 0 Å². The first-order chi connectivity index (χ1) is 7.68. The van der Waals surface area contributed by atoms with Crippen LogP contribution in [0.3, 0.4) is 0 Å². The first-order valence-electron chi connectivity index (χ1n) is 5.51. The number of rotatable bonds is 2. The zero-order valence-corrected chi connectivity index (χ0v) is 11.2. The molecule has 1 aromatic rings. The average Bonchev–Trinajstić information content (AvgIpc) is 2.31. The normalized spacial score (nSPS) is 17.7. The topological polar surface area (TPSA) is 12.0 Å². The maximum Gasteiger partial charge on any atom is 0.156 e. The summed E-state index contributed by atoms with van der Waals surface area (Å²) in [6.07, 6.45) is 3.17. The Kier molecular flexibility index (Phi) is 4.22. The first kappa shape index (κ1) is 12.3. The molecule has 1 saturated heterocycles. The lowest BCUT2D eigenvalue weighted by atomic mass is 9.91. The van der Waals surface area contributed by atoms with E-state index in [-0.39, 0.29) is 10.8 Å². The fourth-order valence-electron chi connectivity index (χ4n) is 2.12. The highest BCUT2D eigenvalue weighted by Crippen LogP contribution is 2.29. The van der Waals surface area contributed by atoms with Crippen molar-refractivity contribution in [3.8, 4) is 0 Å². The Morgan fingerprint density at radius 3 is 2.75 bits per heavy atom. The molecule has 0 aromatic heterocycles. The third-order valence-electron chi connectivity index (χ3n) is 3.08. The molecule has 0 saturated carbocycles. The van der Waals surface area contributed by atoms with Crippen LogP contribution in [-0.4, -0.2) is 13.1 Å². The monoisotopic (exact) mass is 305 g/mol. The lowest BCUT2D eigenvalue weighted by Crippen LogP contribution is -2.28. The molecule has 0 bridgehead atoms. The van der Waals surface area contributed by atoms with E-state index in [9.17, 15) is 4.39 Å². The molecule has 1 aliphatic rings. The third-order valence-corrected chi connectivity index (χ3v) is 4.10. The SMILES string of the molecule is Fc1c(Br)ccc(CC2CCNCC2)c1Cl. The maximum absolute atomic E-state index is 13.6. The average molecular weight is 307 g/mol. The largest absolute Gasteiger partial charge is 0.317 e. The molecule has 0 unspecified atom stereocenters. The van der Waals surface area contributed by atoms with Crippen molar-refractivity contribution in [1.29, 1.82) is 0 Å². The molecule has 0 atom stereocenters.